The molecule has 3 N–H and O–H groups in total. The largest absolute Gasteiger partial charge is 0.389 e. The number of hydrogen-bond donors (Lipinski definition) is 2. The fraction of sp³-hybridized carbons (Fsp3) is 0. The molecule has 3 nitrogen and oxygen atoms in total. The molecule has 0 atom stereocenters. The van der Waals surface area contributed by atoms with Crippen molar-refractivity contribution < 1.29 is 0 Å². The molecule has 0 aliphatic rings. The fourth-order valence-corrected chi connectivity index (χ4v) is 3.19. The Morgan fingerprint density at radius 2 is 1.86 bits per heavy atom. The Kier molecular flexibility index (Phi) is 3.86. The zero-order valence-corrected chi connectivity index (χ0v) is 13.4. The number of fused-ring (bicyclic) bond motifs is 1. The third-order valence-corrected chi connectivity index (χ3v) is 4.08. The maximum absolute atomic E-state index is 5.83. The summed E-state index contributed by atoms with van der Waals surface area (Å²) in [6.45, 7) is 0. The average molecular weight is 358 g/mol. The maximum atomic E-state index is 5.83. The number of nitrogens with one attached hydrogen (secondary N) is 1. The van der Waals surface area contributed by atoms with E-state index in [0.29, 0.717) is 4.99 Å². The van der Waals surface area contributed by atoms with Crippen molar-refractivity contribution in [2.75, 3.05) is 5.32 Å². The lowest BCUT2D eigenvalue weighted by Gasteiger charge is -2.14. The van der Waals surface area contributed by atoms with Crippen LogP contribution in [0, 0.1) is 0 Å². The molecule has 104 valence electrons. The normalized spacial score (nSPS) is 10.5. The summed E-state index contributed by atoms with van der Waals surface area (Å²) in [5.41, 5.74) is 8.50. The molecule has 21 heavy (non-hydrogen) atoms. The molecule has 0 radical (unpaired) electrons. The van der Waals surface area contributed by atoms with Crippen molar-refractivity contribution in [1.82, 2.24) is 4.98 Å². The number of benzene rings is 2. The van der Waals surface area contributed by atoms with Gasteiger partial charge in [-0.25, -0.2) is 0 Å². The zero-order valence-electron chi connectivity index (χ0n) is 11.0. The summed E-state index contributed by atoms with van der Waals surface area (Å²) in [5.74, 6) is 0. The van der Waals surface area contributed by atoms with Gasteiger partial charge in [0.05, 0.1) is 0 Å². The van der Waals surface area contributed by atoms with Gasteiger partial charge in [-0.1, -0.05) is 30.4 Å². The fourth-order valence-electron chi connectivity index (χ4n) is 2.26. The molecular weight excluding hydrogens is 346 g/mol. The molecule has 1 aromatic heterocycles. The summed E-state index contributed by atoms with van der Waals surface area (Å²) in [4.78, 5) is 4.50. The van der Waals surface area contributed by atoms with E-state index in [0.717, 1.165) is 32.2 Å². The number of nitrogens with two attached hydrogens (primary N) is 1. The first-order valence-corrected chi connectivity index (χ1v) is 7.55. The van der Waals surface area contributed by atoms with Gasteiger partial charge in [0.1, 0.15) is 4.99 Å². The van der Waals surface area contributed by atoms with E-state index in [1.165, 1.54) is 0 Å². The molecule has 0 saturated heterocycles. The zero-order chi connectivity index (χ0) is 14.8. The maximum Gasteiger partial charge on any atom is 0.107 e. The molecule has 3 aromatic rings. The van der Waals surface area contributed by atoms with Gasteiger partial charge in [-0.05, 0) is 40.2 Å². The minimum Gasteiger partial charge on any atom is -0.389 e. The molecule has 0 aliphatic carbocycles. The van der Waals surface area contributed by atoms with Crippen LogP contribution >= 0.6 is 28.1 Å². The Morgan fingerprint density at radius 3 is 2.67 bits per heavy atom. The van der Waals surface area contributed by atoms with Gasteiger partial charge in [0.25, 0.3) is 0 Å². The first-order chi connectivity index (χ1) is 10.2. The summed E-state index contributed by atoms with van der Waals surface area (Å²) in [6, 6.07) is 13.9. The molecule has 0 aliphatic heterocycles. The van der Waals surface area contributed by atoms with Crippen LogP contribution in [0.3, 0.4) is 0 Å². The number of anilines is 2. The van der Waals surface area contributed by atoms with Crippen LogP contribution in [0.4, 0.5) is 11.4 Å². The number of thiocarbonyl (C=S) groups is 1. The van der Waals surface area contributed by atoms with E-state index < -0.39 is 0 Å². The summed E-state index contributed by atoms with van der Waals surface area (Å²) in [5, 5.41) is 5.59. The molecule has 3 rings (SSSR count). The third kappa shape index (κ3) is 2.75. The quantitative estimate of drug-likeness (QED) is 0.683. The van der Waals surface area contributed by atoms with Crippen molar-refractivity contribution in [1.29, 1.82) is 0 Å². The second-order valence-corrected chi connectivity index (χ2v) is 5.85. The van der Waals surface area contributed by atoms with Crippen LogP contribution in [-0.2, 0) is 0 Å². The molecule has 0 fully saturated rings. The Morgan fingerprint density at radius 1 is 1.10 bits per heavy atom. The molecule has 0 amide bonds. The second-order valence-electron chi connectivity index (χ2n) is 4.55. The standard InChI is InChI=1S/C16H12BrN3S/c17-12-4-2-6-14(15(12)16(18)21)20-13-5-1-3-10-9-19-8-7-11(10)13/h1-9,20H,(H2,18,21). The highest BCUT2D eigenvalue weighted by molar-refractivity contribution is 9.10. The predicted molar refractivity (Wildman–Crippen MR) is 95.1 cm³/mol. The molecule has 0 spiro atoms. The van der Waals surface area contributed by atoms with Gasteiger partial charge in [0, 0.05) is 44.6 Å². The Labute approximate surface area is 136 Å². The van der Waals surface area contributed by atoms with Gasteiger partial charge in [-0.3, -0.25) is 4.98 Å². The van der Waals surface area contributed by atoms with Gasteiger partial charge in [0.2, 0.25) is 0 Å². The molecule has 1 heterocycles. The number of aromatic nitrogens is 1. The van der Waals surface area contributed by atoms with E-state index in [2.05, 4.69) is 26.2 Å². The molecule has 2 aromatic carbocycles. The van der Waals surface area contributed by atoms with Crippen LogP contribution in [0.15, 0.2) is 59.3 Å². The number of hydrogen-bond acceptors (Lipinski definition) is 3. The first kappa shape index (κ1) is 14.0. The monoisotopic (exact) mass is 357 g/mol. The van der Waals surface area contributed by atoms with E-state index in [1.54, 1.807) is 6.20 Å². The van der Waals surface area contributed by atoms with Crippen LogP contribution in [0.2, 0.25) is 0 Å². The molecule has 0 saturated carbocycles. The van der Waals surface area contributed by atoms with Crippen molar-refractivity contribution in [3.63, 3.8) is 0 Å². The Hall–Kier alpha value is -1.98. The minimum atomic E-state index is 0.354. The number of rotatable bonds is 3. The Balaban J connectivity index is 2.12. The average Bonchev–Trinajstić information content (AvgIpc) is 2.47. The van der Waals surface area contributed by atoms with E-state index in [1.807, 2.05) is 48.7 Å². The van der Waals surface area contributed by atoms with Crippen molar-refractivity contribution >= 4 is 55.3 Å². The summed E-state index contributed by atoms with van der Waals surface area (Å²) in [7, 11) is 0. The summed E-state index contributed by atoms with van der Waals surface area (Å²) in [6.07, 6.45) is 3.62. The van der Waals surface area contributed by atoms with Crippen molar-refractivity contribution in [2.24, 2.45) is 5.73 Å². The smallest absolute Gasteiger partial charge is 0.107 e. The minimum absolute atomic E-state index is 0.354. The molecule has 5 heteroatoms. The van der Waals surface area contributed by atoms with Crippen LogP contribution < -0.4 is 11.1 Å². The molecule has 0 bridgehead atoms. The molecule has 0 unspecified atom stereocenters. The lowest BCUT2D eigenvalue weighted by atomic mass is 10.1. The number of halogens is 1. The third-order valence-electron chi connectivity index (χ3n) is 3.21. The van der Waals surface area contributed by atoms with Crippen LogP contribution in [0.1, 0.15) is 5.56 Å². The highest BCUT2D eigenvalue weighted by Crippen LogP contribution is 2.30. The van der Waals surface area contributed by atoms with E-state index in [-0.39, 0.29) is 0 Å². The summed E-state index contributed by atoms with van der Waals surface area (Å²) >= 11 is 8.64. The molecular formula is C16H12BrN3S. The topological polar surface area (TPSA) is 50.9 Å². The van der Waals surface area contributed by atoms with Crippen molar-refractivity contribution in [3.8, 4) is 0 Å². The van der Waals surface area contributed by atoms with Crippen LogP contribution in [0.5, 0.6) is 0 Å². The van der Waals surface area contributed by atoms with Gasteiger partial charge in [0.15, 0.2) is 0 Å². The SMILES string of the molecule is NC(=S)c1c(Br)cccc1Nc1cccc2cnccc12. The van der Waals surface area contributed by atoms with E-state index in [4.69, 9.17) is 18.0 Å². The van der Waals surface area contributed by atoms with Gasteiger partial charge in [-0.2, -0.15) is 0 Å². The van der Waals surface area contributed by atoms with E-state index in [9.17, 15) is 0 Å². The van der Waals surface area contributed by atoms with Crippen molar-refractivity contribution in [2.45, 2.75) is 0 Å². The number of nitrogens with zero attached hydrogens (tertiary/aromatic N) is 1. The van der Waals surface area contributed by atoms with Crippen molar-refractivity contribution in [3.05, 3.63) is 64.9 Å². The lowest BCUT2D eigenvalue weighted by Crippen LogP contribution is -2.12. The van der Waals surface area contributed by atoms with Gasteiger partial charge in [-0.15, -0.1) is 0 Å². The lowest BCUT2D eigenvalue weighted by molar-refractivity contribution is 1.36. The first-order valence-electron chi connectivity index (χ1n) is 6.35. The van der Waals surface area contributed by atoms with E-state index >= 15 is 0 Å². The predicted octanol–water partition coefficient (Wildman–Crippen LogP) is 4.38. The number of pyridine rings is 1. The second kappa shape index (κ2) is 5.79. The van der Waals surface area contributed by atoms with Crippen LogP contribution in [-0.4, -0.2) is 9.97 Å². The van der Waals surface area contributed by atoms with Gasteiger partial charge < -0.3 is 11.1 Å². The Bertz CT molecular complexity index is 827. The summed E-state index contributed by atoms with van der Waals surface area (Å²) < 4.78 is 0.877. The highest BCUT2D eigenvalue weighted by Gasteiger charge is 2.10. The van der Waals surface area contributed by atoms with Crippen LogP contribution in [0.25, 0.3) is 10.8 Å². The highest BCUT2D eigenvalue weighted by atomic mass is 79.9. The van der Waals surface area contributed by atoms with Gasteiger partial charge >= 0.3 is 0 Å².